The molecule has 1 saturated carbocycles. The third-order valence-electron chi connectivity index (χ3n) is 3.05. The number of ether oxygens (including phenoxy) is 2. The molecule has 6 heteroatoms. The van der Waals surface area contributed by atoms with Crippen molar-refractivity contribution in [2.75, 3.05) is 6.79 Å². The molecule has 1 heterocycles. The largest absolute Gasteiger partial charge is 0.454 e. The van der Waals surface area contributed by atoms with E-state index in [0.29, 0.717) is 18.7 Å². The summed E-state index contributed by atoms with van der Waals surface area (Å²) in [6, 6.07) is 5.56. The van der Waals surface area contributed by atoms with Crippen LogP contribution in [0.25, 0.3) is 0 Å². The third kappa shape index (κ3) is 2.22. The van der Waals surface area contributed by atoms with E-state index in [1.165, 1.54) is 0 Å². The first-order valence-electron chi connectivity index (χ1n) is 5.60. The monoisotopic (exact) mass is 287 g/mol. The van der Waals surface area contributed by atoms with Gasteiger partial charge in [-0.15, -0.1) is 23.2 Å². The molecule has 0 unspecified atom stereocenters. The van der Waals surface area contributed by atoms with Gasteiger partial charge < -0.3 is 14.8 Å². The quantitative estimate of drug-likeness (QED) is 0.868. The lowest BCUT2D eigenvalue weighted by Crippen LogP contribution is -2.26. The highest BCUT2D eigenvalue weighted by atomic mass is 35.5. The first kappa shape index (κ1) is 11.9. The van der Waals surface area contributed by atoms with Crippen molar-refractivity contribution in [2.24, 2.45) is 5.92 Å². The highest BCUT2D eigenvalue weighted by molar-refractivity contribution is 6.52. The Morgan fingerprint density at radius 3 is 2.83 bits per heavy atom. The standard InChI is InChI=1S/C12H11Cl2NO3/c13-12(14)4-8(12)11(16)15-5-7-1-2-9-10(3-7)18-6-17-9/h1-3,8H,4-6H2,(H,15,16)/t8-/m0/s1. The molecule has 1 aromatic carbocycles. The maximum Gasteiger partial charge on any atom is 0.231 e. The van der Waals surface area contributed by atoms with Crippen molar-refractivity contribution in [3.8, 4) is 11.5 Å². The summed E-state index contributed by atoms with van der Waals surface area (Å²) in [5.41, 5.74) is 0.947. The van der Waals surface area contributed by atoms with Crippen molar-refractivity contribution < 1.29 is 14.3 Å². The molecule has 1 aliphatic heterocycles. The summed E-state index contributed by atoms with van der Waals surface area (Å²) in [5, 5.41) is 2.80. The number of rotatable bonds is 3. The Hall–Kier alpha value is -1.13. The Balaban J connectivity index is 1.59. The van der Waals surface area contributed by atoms with Crippen LogP contribution in [-0.4, -0.2) is 17.0 Å². The molecule has 0 radical (unpaired) electrons. The number of carbonyl (C=O) groups is 1. The van der Waals surface area contributed by atoms with Crippen LogP contribution in [0.4, 0.5) is 0 Å². The van der Waals surface area contributed by atoms with E-state index >= 15 is 0 Å². The van der Waals surface area contributed by atoms with Crippen LogP contribution in [0, 0.1) is 5.92 Å². The molecule has 0 aromatic heterocycles. The second-order valence-corrected chi connectivity index (χ2v) is 5.97. The van der Waals surface area contributed by atoms with E-state index in [4.69, 9.17) is 32.7 Å². The molecule has 4 nitrogen and oxygen atoms in total. The summed E-state index contributed by atoms with van der Waals surface area (Å²) >= 11 is 11.7. The van der Waals surface area contributed by atoms with Gasteiger partial charge in [0.15, 0.2) is 11.5 Å². The normalized spacial score (nSPS) is 22.7. The fourth-order valence-electron chi connectivity index (χ4n) is 1.86. The molecule has 2 aliphatic rings. The average Bonchev–Trinajstić information content (AvgIpc) is 2.77. The van der Waals surface area contributed by atoms with Crippen LogP contribution in [0.3, 0.4) is 0 Å². The maximum atomic E-state index is 11.7. The molecule has 0 spiro atoms. The highest BCUT2D eigenvalue weighted by Crippen LogP contribution is 2.53. The summed E-state index contributed by atoms with van der Waals surface area (Å²) in [4.78, 5) is 11.7. The summed E-state index contributed by atoms with van der Waals surface area (Å²) in [6.07, 6.45) is 0.517. The second-order valence-electron chi connectivity index (χ2n) is 4.42. The minimum atomic E-state index is -0.876. The van der Waals surface area contributed by atoms with Gasteiger partial charge in [0.2, 0.25) is 12.7 Å². The van der Waals surface area contributed by atoms with E-state index in [1.807, 2.05) is 18.2 Å². The van der Waals surface area contributed by atoms with E-state index in [1.54, 1.807) is 0 Å². The average molecular weight is 288 g/mol. The highest BCUT2D eigenvalue weighted by Gasteiger charge is 2.56. The maximum absolute atomic E-state index is 11.7. The van der Waals surface area contributed by atoms with Crippen LogP contribution in [-0.2, 0) is 11.3 Å². The molecule has 1 atom stereocenters. The number of carbonyl (C=O) groups excluding carboxylic acids is 1. The molecule has 0 bridgehead atoms. The molecule has 1 aliphatic carbocycles. The zero-order valence-corrected chi connectivity index (χ0v) is 10.9. The predicted molar refractivity (Wildman–Crippen MR) is 67.0 cm³/mol. The molecule has 18 heavy (non-hydrogen) atoms. The van der Waals surface area contributed by atoms with Crippen molar-refractivity contribution in [1.29, 1.82) is 0 Å². The van der Waals surface area contributed by atoms with Gasteiger partial charge in [-0.1, -0.05) is 6.07 Å². The van der Waals surface area contributed by atoms with E-state index in [-0.39, 0.29) is 18.6 Å². The van der Waals surface area contributed by atoms with Gasteiger partial charge in [-0.25, -0.2) is 0 Å². The summed E-state index contributed by atoms with van der Waals surface area (Å²) in [5.74, 6) is 1.03. The number of fused-ring (bicyclic) bond motifs is 1. The first-order valence-corrected chi connectivity index (χ1v) is 6.36. The zero-order chi connectivity index (χ0) is 12.8. The van der Waals surface area contributed by atoms with Crippen molar-refractivity contribution in [3.05, 3.63) is 23.8 Å². The molecule has 1 fully saturated rings. The Kier molecular flexibility index (Phi) is 2.79. The Morgan fingerprint density at radius 1 is 1.39 bits per heavy atom. The molecule has 1 amide bonds. The summed E-state index contributed by atoms with van der Waals surface area (Å²) in [6.45, 7) is 0.671. The molecule has 1 aromatic rings. The van der Waals surface area contributed by atoms with Crippen LogP contribution in [0.2, 0.25) is 0 Å². The van der Waals surface area contributed by atoms with Gasteiger partial charge in [-0.05, 0) is 24.1 Å². The van der Waals surface area contributed by atoms with Gasteiger partial charge in [0.25, 0.3) is 0 Å². The second kappa shape index (κ2) is 4.21. The SMILES string of the molecule is O=C(NCc1ccc2c(c1)OCO2)[C@@H]1CC1(Cl)Cl. The van der Waals surface area contributed by atoms with Crippen molar-refractivity contribution in [3.63, 3.8) is 0 Å². The lowest BCUT2D eigenvalue weighted by atomic mass is 10.2. The van der Waals surface area contributed by atoms with Crippen molar-refractivity contribution in [2.45, 2.75) is 17.3 Å². The summed E-state index contributed by atoms with van der Waals surface area (Å²) < 4.78 is 9.60. The fourth-order valence-corrected chi connectivity index (χ4v) is 2.37. The number of halogens is 2. The topological polar surface area (TPSA) is 47.6 Å². The number of benzene rings is 1. The zero-order valence-electron chi connectivity index (χ0n) is 9.41. The van der Waals surface area contributed by atoms with Crippen molar-refractivity contribution in [1.82, 2.24) is 5.32 Å². The minimum absolute atomic E-state index is 0.113. The Bertz CT molecular complexity index is 504. The van der Waals surface area contributed by atoms with E-state index in [0.717, 1.165) is 11.3 Å². The summed E-state index contributed by atoms with van der Waals surface area (Å²) in [7, 11) is 0. The molecule has 3 rings (SSSR count). The van der Waals surface area contributed by atoms with Crippen molar-refractivity contribution >= 4 is 29.1 Å². The minimum Gasteiger partial charge on any atom is -0.454 e. The third-order valence-corrected chi connectivity index (χ3v) is 3.88. The van der Waals surface area contributed by atoms with Gasteiger partial charge in [-0.3, -0.25) is 4.79 Å². The lowest BCUT2D eigenvalue weighted by molar-refractivity contribution is -0.122. The van der Waals surface area contributed by atoms with Crippen LogP contribution in [0.15, 0.2) is 18.2 Å². The Morgan fingerprint density at radius 2 is 2.11 bits per heavy atom. The van der Waals surface area contributed by atoms with Gasteiger partial charge in [0, 0.05) is 6.54 Å². The number of hydrogen-bond donors (Lipinski definition) is 1. The molecule has 1 N–H and O–H groups in total. The molecular weight excluding hydrogens is 277 g/mol. The van der Waals surface area contributed by atoms with Gasteiger partial charge in [-0.2, -0.15) is 0 Å². The first-order chi connectivity index (χ1) is 8.56. The van der Waals surface area contributed by atoms with Crippen LogP contribution >= 0.6 is 23.2 Å². The number of nitrogens with one attached hydrogen (secondary N) is 1. The Labute approximate surface area is 114 Å². The smallest absolute Gasteiger partial charge is 0.231 e. The van der Waals surface area contributed by atoms with E-state index < -0.39 is 4.33 Å². The predicted octanol–water partition coefficient (Wildman–Crippen LogP) is 2.23. The van der Waals surface area contributed by atoms with Crippen LogP contribution < -0.4 is 14.8 Å². The van der Waals surface area contributed by atoms with E-state index in [2.05, 4.69) is 5.32 Å². The molecule has 96 valence electrons. The van der Waals surface area contributed by atoms with Gasteiger partial charge in [0.05, 0.1) is 5.92 Å². The van der Waals surface area contributed by atoms with Crippen LogP contribution in [0.1, 0.15) is 12.0 Å². The van der Waals surface area contributed by atoms with E-state index in [9.17, 15) is 4.79 Å². The lowest BCUT2D eigenvalue weighted by Gasteiger charge is -2.06. The van der Waals surface area contributed by atoms with Gasteiger partial charge >= 0.3 is 0 Å². The molecular formula is C12H11Cl2NO3. The number of amides is 1. The van der Waals surface area contributed by atoms with Gasteiger partial charge in [0.1, 0.15) is 4.33 Å². The van der Waals surface area contributed by atoms with Crippen LogP contribution in [0.5, 0.6) is 11.5 Å². The number of alkyl halides is 2. The molecule has 0 saturated heterocycles. The number of hydrogen-bond acceptors (Lipinski definition) is 3. The fraction of sp³-hybridized carbons (Fsp3) is 0.417.